The molecule has 0 saturated heterocycles. The molecule has 3 aromatic carbocycles. The van der Waals surface area contributed by atoms with Gasteiger partial charge in [0, 0.05) is 24.6 Å². The van der Waals surface area contributed by atoms with E-state index in [0.29, 0.717) is 29.9 Å². The van der Waals surface area contributed by atoms with Gasteiger partial charge in [0.2, 0.25) is 10.0 Å². The number of rotatable bonds is 8. The summed E-state index contributed by atoms with van der Waals surface area (Å²) in [5, 5.41) is -0.567. The van der Waals surface area contributed by atoms with Crippen molar-refractivity contribution >= 4 is 33.0 Å². The Bertz CT molecular complexity index is 1650. The molecule has 39 heavy (non-hydrogen) atoms. The number of halogens is 1. The largest absolute Gasteiger partial charge is 0.493 e. The number of nitrogens with one attached hydrogen (secondary N) is 1. The van der Waals surface area contributed by atoms with E-state index < -0.39 is 33.0 Å². The second kappa shape index (κ2) is 9.88. The second-order valence-electron chi connectivity index (χ2n) is 9.68. The number of oxazole rings is 1. The minimum atomic E-state index is -3.80. The molecule has 2 aliphatic rings. The van der Waals surface area contributed by atoms with E-state index in [4.69, 9.17) is 13.9 Å². The molecule has 0 bridgehead atoms. The van der Waals surface area contributed by atoms with E-state index in [2.05, 4.69) is 9.71 Å². The van der Waals surface area contributed by atoms with Gasteiger partial charge in [-0.2, -0.15) is 4.98 Å². The smallest absolute Gasteiger partial charge is 0.299 e. The number of hydrogen-bond acceptors (Lipinski definition) is 8. The van der Waals surface area contributed by atoms with E-state index in [9.17, 15) is 17.6 Å². The molecule has 1 N–H and O–H groups in total. The Morgan fingerprint density at radius 3 is 2.69 bits per heavy atom. The average molecular weight is 552 g/mol. The Kier molecular flexibility index (Phi) is 6.38. The molecule has 0 spiro atoms. The molecular formula is C28H26FN3O6S. The van der Waals surface area contributed by atoms with Gasteiger partial charge in [-0.1, -0.05) is 36.4 Å². The molecule has 9 nitrogen and oxygen atoms in total. The van der Waals surface area contributed by atoms with Crippen LogP contribution in [0.2, 0.25) is 0 Å². The van der Waals surface area contributed by atoms with Crippen LogP contribution in [0.25, 0.3) is 11.1 Å². The summed E-state index contributed by atoms with van der Waals surface area (Å²) in [6.45, 7) is 0.457. The average Bonchev–Trinajstić information content (AvgIpc) is 3.72. The van der Waals surface area contributed by atoms with Gasteiger partial charge in [-0.3, -0.25) is 9.52 Å². The van der Waals surface area contributed by atoms with Crippen molar-refractivity contribution in [1.29, 1.82) is 0 Å². The minimum Gasteiger partial charge on any atom is -0.493 e. The van der Waals surface area contributed by atoms with E-state index in [1.165, 1.54) is 25.3 Å². The van der Waals surface area contributed by atoms with Gasteiger partial charge < -0.3 is 18.8 Å². The van der Waals surface area contributed by atoms with E-state index in [1.807, 2.05) is 36.4 Å². The molecule has 1 saturated carbocycles. The van der Waals surface area contributed by atoms with Crippen LogP contribution in [0.1, 0.15) is 29.5 Å². The number of anilines is 1. The van der Waals surface area contributed by atoms with Gasteiger partial charge in [-0.15, -0.1) is 0 Å². The van der Waals surface area contributed by atoms with Gasteiger partial charge in [-0.25, -0.2) is 12.8 Å². The molecule has 1 atom stereocenters. The number of ether oxygens (including phenoxy) is 2. The maximum atomic E-state index is 13.8. The molecule has 1 aliphatic heterocycles. The molecular weight excluding hydrogens is 525 g/mol. The molecule has 0 radical (unpaired) electrons. The fourth-order valence-corrected chi connectivity index (χ4v) is 6.12. The van der Waals surface area contributed by atoms with Crippen LogP contribution in [0.3, 0.4) is 0 Å². The fourth-order valence-electron chi connectivity index (χ4n) is 4.78. The van der Waals surface area contributed by atoms with Crippen molar-refractivity contribution in [1.82, 2.24) is 9.71 Å². The summed E-state index contributed by atoms with van der Waals surface area (Å²) < 4.78 is 59.0. The molecule has 4 aromatic rings. The minimum absolute atomic E-state index is 0.0905. The summed E-state index contributed by atoms with van der Waals surface area (Å²) in [5.74, 6) is -0.189. The summed E-state index contributed by atoms with van der Waals surface area (Å²) in [6, 6.07) is 16.4. The first-order valence-corrected chi connectivity index (χ1v) is 14.1. The third-order valence-corrected chi connectivity index (χ3v) is 8.81. The zero-order valence-electron chi connectivity index (χ0n) is 21.1. The summed E-state index contributed by atoms with van der Waals surface area (Å²) in [7, 11) is -2.26. The Hall–Kier alpha value is -4.12. The van der Waals surface area contributed by atoms with Crippen LogP contribution < -0.4 is 19.1 Å². The topological polar surface area (TPSA) is 111 Å². The van der Waals surface area contributed by atoms with Crippen LogP contribution in [0.5, 0.6) is 11.5 Å². The highest BCUT2D eigenvalue weighted by molar-refractivity contribution is 7.90. The lowest BCUT2D eigenvalue weighted by Crippen LogP contribution is -2.52. The lowest BCUT2D eigenvalue weighted by molar-refractivity contribution is -0.120. The highest BCUT2D eigenvalue weighted by Crippen LogP contribution is 2.40. The molecule has 1 aromatic heterocycles. The molecule has 11 heteroatoms. The van der Waals surface area contributed by atoms with E-state index in [1.54, 1.807) is 11.0 Å². The SMILES string of the molecule is COc1ccc2c(c1OCc1ccccc1)C[C@@H](C(=O)NS(=O)(=O)C1CC1)N(c1nc3ccc(F)cc3o1)C2. The normalized spacial score (nSPS) is 17.1. The maximum absolute atomic E-state index is 13.8. The number of aromatic nitrogens is 1. The number of hydrogen-bond donors (Lipinski definition) is 1. The van der Waals surface area contributed by atoms with Crippen molar-refractivity contribution in [2.75, 3.05) is 12.0 Å². The zero-order chi connectivity index (χ0) is 27.1. The zero-order valence-corrected chi connectivity index (χ0v) is 21.9. The molecule has 202 valence electrons. The maximum Gasteiger partial charge on any atom is 0.299 e. The van der Waals surface area contributed by atoms with Crippen LogP contribution in [-0.4, -0.2) is 37.7 Å². The Morgan fingerprint density at radius 1 is 1.15 bits per heavy atom. The highest BCUT2D eigenvalue weighted by Gasteiger charge is 2.42. The predicted molar refractivity (Wildman–Crippen MR) is 141 cm³/mol. The van der Waals surface area contributed by atoms with Crippen molar-refractivity contribution in [2.45, 2.75) is 43.7 Å². The standard InChI is InChI=1S/C28H26FN3O6S/c1-36-24-12-7-18-15-32(28-30-22-11-8-19(29)13-25(22)38-28)23(27(33)31-39(34,35)20-9-10-20)14-21(18)26(24)37-16-17-5-3-2-4-6-17/h2-8,11-13,20,23H,9-10,14-16H2,1H3,(H,31,33)/t23-/m0/s1. The third kappa shape index (κ3) is 5.01. The van der Waals surface area contributed by atoms with Gasteiger partial charge in [0.05, 0.1) is 12.4 Å². The molecule has 1 amide bonds. The van der Waals surface area contributed by atoms with E-state index in [0.717, 1.165) is 16.7 Å². The van der Waals surface area contributed by atoms with Crippen molar-refractivity contribution in [2.24, 2.45) is 0 Å². The third-order valence-electron chi connectivity index (χ3n) is 6.98. The molecule has 0 unspecified atom stereocenters. The number of nitrogens with zero attached hydrogens (tertiary/aromatic N) is 2. The van der Waals surface area contributed by atoms with Crippen molar-refractivity contribution in [3.8, 4) is 11.5 Å². The molecule has 1 aliphatic carbocycles. The monoisotopic (exact) mass is 551 g/mol. The predicted octanol–water partition coefficient (Wildman–Crippen LogP) is 4.09. The number of methoxy groups -OCH3 is 1. The van der Waals surface area contributed by atoms with Crippen LogP contribution in [-0.2, 0) is 34.4 Å². The first-order chi connectivity index (χ1) is 18.8. The first-order valence-electron chi connectivity index (χ1n) is 12.6. The molecule has 1 fully saturated rings. The van der Waals surface area contributed by atoms with Gasteiger partial charge in [0.15, 0.2) is 17.1 Å². The fraction of sp³-hybridized carbons (Fsp3) is 0.286. The van der Waals surface area contributed by atoms with E-state index in [-0.39, 0.29) is 31.2 Å². The highest BCUT2D eigenvalue weighted by atomic mass is 32.2. The Morgan fingerprint density at radius 2 is 1.95 bits per heavy atom. The second-order valence-corrected chi connectivity index (χ2v) is 11.6. The molecule has 6 rings (SSSR count). The number of carbonyl (C=O) groups is 1. The summed E-state index contributed by atoms with van der Waals surface area (Å²) in [6.07, 6.45) is 1.14. The van der Waals surface area contributed by atoms with Gasteiger partial charge in [0.1, 0.15) is 24.0 Å². The Labute approximate surface area is 224 Å². The lowest BCUT2D eigenvalue weighted by atomic mass is 9.92. The summed E-state index contributed by atoms with van der Waals surface area (Å²) in [4.78, 5) is 19.6. The van der Waals surface area contributed by atoms with Crippen LogP contribution in [0.15, 0.2) is 65.1 Å². The molecule has 2 heterocycles. The van der Waals surface area contributed by atoms with Crippen LogP contribution in [0.4, 0.5) is 10.4 Å². The number of sulfonamides is 1. The quantitative estimate of drug-likeness (QED) is 0.349. The van der Waals surface area contributed by atoms with Crippen molar-refractivity contribution in [3.05, 3.63) is 83.2 Å². The van der Waals surface area contributed by atoms with Gasteiger partial charge in [-0.05, 0) is 42.2 Å². The van der Waals surface area contributed by atoms with Crippen LogP contribution >= 0.6 is 0 Å². The number of carbonyl (C=O) groups excluding carboxylic acids is 1. The number of amides is 1. The lowest BCUT2D eigenvalue weighted by Gasteiger charge is -2.35. The van der Waals surface area contributed by atoms with E-state index >= 15 is 0 Å². The summed E-state index contributed by atoms with van der Waals surface area (Å²) in [5.41, 5.74) is 3.16. The Balaban J connectivity index is 1.39. The van der Waals surface area contributed by atoms with Gasteiger partial charge >= 0.3 is 0 Å². The van der Waals surface area contributed by atoms with Crippen LogP contribution in [0, 0.1) is 5.82 Å². The van der Waals surface area contributed by atoms with Crippen molar-refractivity contribution in [3.63, 3.8) is 0 Å². The summed E-state index contributed by atoms with van der Waals surface area (Å²) >= 11 is 0. The van der Waals surface area contributed by atoms with Crippen molar-refractivity contribution < 1.29 is 31.5 Å². The van der Waals surface area contributed by atoms with Gasteiger partial charge in [0.25, 0.3) is 11.9 Å². The first kappa shape index (κ1) is 25.2. The number of benzene rings is 3. The number of fused-ring (bicyclic) bond motifs is 2.